The van der Waals surface area contributed by atoms with Crippen molar-refractivity contribution in [1.29, 1.82) is 0 Å². The van der Waals surface area contributed by atoms with Crippen molar-refractivity contribution < 1.29 is 9.59 Å². The van der Waals surface area contributed by atoms with E-state index in [0.717, 1.165) is 11.3 Å². The molecule has 1 heterocycles. The highest BCUT2D eigenvalue weighted by molar-refractivity contribution is 5.93. The number of hydrogen-bond acceptors (Lipinski definition) is 3. The highest BCUT2D eigenvalue weighted by atomic mass is 16.2. The lowest BCUT2D eigenvalue weighted by atomic mass is 10.2. The summed E-state index contributed by atoms with van der Waals surface area (Å²) < 4.78 is 1.74. The van der Waals surface area contributed by atoms with Gasteiger partial charge in [-0.25, -0.2) is 9.48 Å². The van der Waals surface area contributed by atoms with Gasteiger partial charge in [0.1, 0.15) is 0 Å². The molecular weight excluding hydrogens is 354 g/mol. The highest BCUT2D eigenvalue weighted by Gasteiger charge is 2.08. The molecule has 3 N–H and O–H groups in total. The minimum absolute atomic E-state index is 0.142. The SMILES string of the molecule is C=CCNC(=O)Nc1ccc(NC(=O)Cc2cnn(-c3ccccc3)c2)cc1. The van der Waals surface area contributed by atoms with Crippen LogP contribution in [0, 0.1) is 0 Å². The summed E-state index contributed by atoms with van der Waals surface area (Å²) in [5.41, 5.74) is 3.04. The third kappa shape index (κ3) is 5.31. The topological polar surface area (TPSA) is 88.1 Å². The first kappa shape index (κ1) is 18.9. The molecule has 0 saturated carbocycles. The number of amides is 3. The van der Waals surface area contributed by atoms with E-state index in [-0.39, 0.29) is 18.4 Å². The summed E-state index contributed by atoms with van der Waals surface area (Å²) in [5, 5.41) is 12.4. The molecule has 0 bridgehead atoms. The van der Waals surface area contributed by atoms with Gasteiger partial charge in [-0.3, -0.25) is 4.79 Å². The predicted molar refractivity (Wildman–Crippen MR) is 110 cm³/mol. The Morgan fingerprint density at radius 3 is 2.36 bits per heavy atom. The molecule has 1 aromatic heterocycles. The number of para-hydroxylation sites is 1. The number of carbonyl (C=O) groups excluding carboxylic acids is 2. The Balaban J connectivity index is 1.53. The van der Waals surface area contributed by atoms with Crippen molar-refractivity contribution in [3.05, 3.63) is 85.2 Å². The van der Waals surface area contributed by atoms with E-state index >= 15 is 0 Å². The zero-order valence-electron chi connectivity index (χ0n) is 15.3. The molecule has 0 radical (unpaired) electrons. The second-order valence-corrected chi connectivity index (χ2v) is 6.05. The Morgan fingerprint density at radius 2 is 1.68 bits per heavy atom. The first-order chi connectivity index (χ1) is 13.6. The van der Waals surface area contributed by atoms with Crippen LogP contribution in [0.2, 0.25) is 0 Å². The molecule has 0 aliphatic heterocycles. The van der Waals surface area contributed by atoms with E-state index in [1.54, 1.807) is 41.2 Å². The molecule has 0 aliphatic carbocycles. The molecule has 7 heteroatoms. The molecule has 3 amide bonds. The fraction of sp³-hybridized carbons (Fsp3) is 0.0952. The van der Waals surface area contributed by atoms with Crippen molar-refractivity contribution in [3.8, 4) is 5.69 Å². The van der Waals surface area contributed by atoms with Gasteiger partial charge in [-0.1, -0.05) is 24.3 Å². The van der Waals surface area contributed by atoms with Crippen molar-refractivity contribution in [2.24, 2.45) is 0 Å². The zero-order valence-corrected chi connectivity index (χ0v) is 15.3. The molecule has 142 valence electrons. The van der Waals surface area contributed by atoms with E-state index in [2.05, 4.69) is 27.6 Å². The minimum atomic E-state index is -0.313. The van der Waals surface area contributed by atoms with Gasteiger partial charge in [0.2, 0.25) is 5.91 Å². The van der Waals surface area contributed by atoms with Gasteiger partial charge in [-0.2, -0.15) is 5.10 Å². The quantitative estimate of drug-likeness (QED) is 0.553. The fourth-order valence-electron chi connectivity index (χ4n) is 2.54. The summed E-state index contributed by atoms with van der Waals surface area (Å²) >= 11 is 0. The molecule has 7 nitrogen and oxygen atoms in total. The number of rotatable bonds is 7. The molecule has 0 spiro atoms. The molecule has 0 fully saturated rings. The maximum atomic E-state index is 12.3. The molecule has 0 atom stereocenters. The number of urea groups is 1. The van der Waals surface area contributed by atoms with Crippen LogP contribution in [0.4, 0.5) is 16.2 Å². The maximum absolute atomic E-state index is 12.3. The summed E-state index contributed by atoms with van der Waals surface area (Å²) in [7, 11) is 0. The fourth-order valence-corrected chi connectivity index (χ4v) is 2.54. The van der Waals surface area contributed by atoms with Crippen LogP contribution >= 0.6 is 0 Å². The van der Waals surface area contributed by atoms with Crippen LogP contribution in [0.1, 0.15) is 5.56 Å². The van der Waals surface area contributed by atoms with Gasteiger partial charge in [0, 0.05) is 24.1 Å². The first-order valence-corrected chi connectivity index (χ1v) is 8.78. The summed E-state index contributed by atoms with van der Waals surface area (Å²) in [6, 6.07) is 16.3. The van der Waals surface area contributed by atoms with Crippen molar-refractivity contribution in [1.82, 2.24) is 15.1 Å². The maximum Gasteiger partial charge on any atom is 0.319 e. The molecule has 3 aromatic rings. The Bertz CT molecular complexity index is 948. The second-order valence-electron chi connectivity index (χ2n) is 6.05. The van der Waals surface area contributed by atoms with E-state index in [0.29, 0.717) is 17.9 Å². The molecule has 2 aromatic carbocycles. The average Bonchev–Trinajstić information content (AvgIpc) is 3.17. The molecule has 0 saturated heterocycles. The minimum Gasteiger partial charge on any atom is -0.334 e. The van der Waals surface area contributed by atoms with Gasteiger partial charge in [-0.05, 0) is 42.0 Å². The number of aromatic nitrogens is 2. The van der Waals surface area contributed by atoms with Crippen LogP contribution in [0.3, 0.4) is 0 Å². The largest absolute Gasteiger partial charge is 0.334 e. The third-order valence-electron chi connectivity index (χ3n) is 3.85. The first-order valence-electron chi connectivity index (χ1n) is 8.78. The number of nitrogens with zero attached hydrogens (tertiary/aromatic N) is 2. The number of hydrogen-bond donors (Lipinski definition) is 3. The summed E-state index contributed by atoms with van der Waals surface area (Å²) in [6.45, 7) is 3.93. The van der Waals surface area contributed by atoms with Crippen molar-refractivity contribution in [2.75, 3.05) is 17.2 Å². The van der Waals surface area contributed by atoms with E-state index in [1.807, 2.05) is 36.5 Å². The Morgan fingerprint density at radius 1 is 1.00 bits per heavy atom. The number of nitrogens with one attached hydrogen (secondary N) is 3. The zero-order chi connectivity index (χ0) is 19.8. The van der Waals surface area contributed by atoms with E-state index < -0.39 is 0 Å². The van der Waals surface area contributed by atoms with Gasteiger partial charge >= 0.3 is 6.03 Å². The molecule has 0 aliphatic rings. The lowest BCUT2D eigenvalue weighted by Crippen LogP contribution is -2.28. The predicted octanol–water partition coefficient (Wildman–Crippen LogP) is 3.36. The standard InChI is InChI=1S/C21H21N5O2/c1-2-12-22-21(28)25-18-10-8-17(9-11-18)24-20(27)13-16-14-23-26(15-16)19-6-4-3-5-7-19/h2-11,14-15H,1,12-13H2,(H,24,27)(H2,22,25,28). The highest BCUT2D eigenvalue weighted by Crippen LogP contribution is 2.14. The normalized spacial score (nSPS) is 10.1. The monoisotopic (exact) mass is 375 g/mol. The van der Waals surface area contributed by atoms with Gasteiger partial charge in [0.15, 0.2) is 0 Å². The smallest absolute Gasteiger partial charge is 0.319 e. The molecule has 0 unspecified atom stereocenters. The van der Waals surface area contributed by atoms with E-state index in [4.69, 9.17) is 0 Å². The second kappa shape index (κ2) is 9.18. The molecule has 28 heavy (non-hydrogen) atoms. The number of benzene rings is 2. The summed E-state index contributed by atoms with van der Waals surface area (Å²) in [4.78, 5) is 23.9. The lowest BCUT2D eigenvalue weighted by molar-refractivity contribution is -0.115. The number of anilines is 2. The van der Waals surface area contributed by atoms with Gasteiger partial charge in [0.05, 0.1) is 18.3 Å². The Labute approximate surface area is 163 Å². The van der Waals surface area contributed by atoms with Crippen LogP contribution < -0.4 is 16.0 Å². The summed E-state index contributed by atoms with van der Waals surface area (Å²) in [6.07, 6.45) is 5.34. The molecular formula is C21H21N5O2. The molecule has 3 rings (SSSR count). The van der Waals surface area contributed by atoms with Crippen molar-refractivity contribution in [3.63, 3.8) is 0 Å². The summed E-state index contributed by atoms with van der Waals surface area (Å²) in [5.74, 6) is -0.142. The van der Waals surface area contributed by atoms with Crippen LogP contribution in [0.15, 0.2) is 79.6 Å². The lowest BCUT2D eigenvalue weighted by Gasteiger charge is -2.08. The van der Waals surface area contributed by atoms with Gasteiger partial charge in [-0.15, -0.1) is 6.58 Å². The average molecular weight is 375 g/mol. The van der Waals surface area contributed by atoms with Crippen LogP contribution in [-0.4, -0.2) is 28.3 Å². The Hall–Kier alpha value is -3.87. The van der Waals surface area contributed by atoms with Gasteiger partial charge < -0.3 is 16.0 Å². The van der Waals surface area contributed by atoms with Crippen LogP contribution in [0.5, 0.6) is 0 Å². The third-order valence-corrected chi connectivity index (χ3v) is 3.85. The van der Waals surface area contributed by atoms with E-state index in [9.17, 15) is 9.59 Å². The van der Waals surface area contributed by atoms with Crippen molar-refractivity contribution in [2.45, 2.75) is 6.42 Å². The number of carbonyl (C=O) groups is 2. The Kier molecular flexibility index (Phi) is 6.20. The van der Waals surface area contributed by atoms with E-state index in [1.165, 1.54) is 0 Å². The van der Waals surface area contributed by atoms with Crippen LogP contribution in [-0.2, 0) is 11.2 Å². The van der Waals surface area contributed by atoms with Crippen LogP contribution in [0.25, 0.3) is 5.69 Å². The van der Waals surface area contributed by atoms with Gasteiger partial charge in [0.25, 0.3) is 0 Å². The van der Waals surface area contributed by atoms with Crippen molar-refractivity contribution >= 4 is 23.3 Å².